The van der Waals surface area contributed by atoms with Gasteiger partial charge in [0.2, 0.25) is 0 Å². The molecule has 2 rings (SSSR count). The second-order valence-electron chi connectivity index (χ2n) is 7.05. The first-order valence-corrected chi connectivity index (χ1v) is 9.40. The lowest BCUT2D eigenvalue weighted by Gasteiger charge is -2.35. The summed E-state index contributed by atoms with van der Waals surface area (Å²) < 4.78 is 5.84. The molecule has 0 N–H and O–H groups in total. The normalized spacial score (nSPS) is 25.3. The zero-order chi connectivity index (χ0) is 15.8. The molecule has 3 atom stereocenters. The Bertz CT molecular complexity index is 408. The number of ether oxygens (including phenoxy) is 1. The van der Waals surface area contributed by atoms with Crippen LogP contribution in [-0.2, 0) is 11.2 Å². The molecule has 1 aromatic carbocycles. The molecule has 1 nitrogen and oxygen atoms in total. The summed E-state index contributed by atoms with van der Waals surface area (Å²) in [6.07, 6.45) is 12.2. The zero-order valence-corrected chi connectivity index (χ0v) is 14.8. The molecule has 1 aliphatic carbocycles. The van der Waals surface area contributed by atoms with Gasteiger partial charge in [-0.25, -0.2) is 0 Å². The number of methoxy groups -OCH3 is 1. The average molecular weight is 303 g/mol. The summed E-state index contributed by atoms with van der Waals surface area (Å²) >= 11 is 0. The fraction of sp³-hybridized carbons (Fsp3) is 0.714. The number of rotatable bonds is 8. The predicted molar refractivity (Wildman–Crippen MR) is 95.5 cm³/mol. The van der Waals surface area contributed by atoms with Crippen LogP contribution in [0.25, 0.3) is 0 Å². The van der Waals surface area contributed by atoms with Crippen LogP contribution in [0.5, 0.6) is 0 Å². The summed E-state index contributed by atoms with van der Waals surface area (Å²) in [4.78, 5) is 0. The van der Waals surface area contributed by atoms with Crippen molar-refractivity contribution in [2.24, 2.45) is 5.92 Å². The smallest absolute Gasteiger partial charge is 0.0642 e. The van der Waals surface area contributed by atoms with Crippen molar-refractivity contribution < 1.29 is 4.74 Å². The summed E-state index contributed by atoms with van der Waals surface area (Å²) in [7, 11) is 1.89. The molecule has 1 heteroatoms. The van der Waals surface area contributed by atoms with Crippen LogP contribution >= 0.6 is 0 Å². The third-order valence-electron chi connectivity index (χ3n) is 5.38. The third-order valence-corrected chi connectivity index (χ3v) is 5.38. The van der Waals surface area contributed by atoms with E-state index in [2.05, 4.69) is 38.1 Å². The summed E-state index contributed by atoms with van der Waals surface area (Å²) in [5.74, 6) is 1.47. The molecule has 0 radical (unpaired) electrons. The molecule has 1 aromatic rings. The average Bonchev–Trinajstić information content (AvgIpc) is 2.56. The Labute approximate surface area is 137 Å². The van der Waals surface area contributed by atoms with Crippen molar-refractivity contribution in [3.05, 3.63) is 35.4 Å². The Morgan fingerprint density at radius 1 is 1.00 bits per heavy atom. The maximum absolute atomic E-state index is 5.84. The van der Waals surface area contributed by atoms with Crippen molar-refractivity contribution in [3.63, 3.8) is 0 Å². The van der Waals surface area contributed by atoms with Gasteiger partial charge >= 0.3 is 0 Å². The van der Waals surface area contributed by atoms with Crippen molar-refractivity contribution >= 4 is 0 Å². The van der Waals surface area contributed by atoms with Gasteiger partial charge in [-0.05, 0) is 49.1 Å². The number of hydrogen-bond acceptors (Lipinski definition) is 1. The minimum atomic E-state index is 0.413. The lowest BCUT2D eigenvalue weighted by Crippen LogP contribution is -2.29. The molecule has 0 heterocycles. The van der Waals surface area contributed by atoms with Crippen LogP contribution in [0.3, 0.4) is 0 Å². The van der Waals surface area contributed by atoms with Gasteiger partial charge in [0.25, 0.3) is 0 Å². The second-order valence-corrected chi connectivity index (χ2v) is 7.05. The fourth-order valence-corrected chi connectivity index (χ4v) is 4.03. The van der Waals surface area contributed by atoms with E-state index in [9.17, 15) is 0 Å². The Morgan fingerprint density at radius 3 is 2.41 bits per heavy atom. The van der Waals surface area contributed by atoms with Gasteiger partial charge in [0.1, 0.15) is 0 Å². The molecular formula is C21H34O. The van der Waals surface area contributed by atoms with E-state index >= 15 is 0 Å². The molecular weight excluding hydrogens is 268 g/mol. The maximum Gasteiger partial charge on any atom is 0.0642 e. The van der Waals surface area contributed by atoms with Gasteiger partial charge in [-0.3, -0.25) is 0 Å². The highest BCUT2D eigenvalue weighted by Crippen LogP contribution is 2.39. The van der Waals surface area contributed by atoms with Gasteiger partial charge in [-0.2, -0.15) is 0 Å². The van der Waals surface area contributed by atoms with E-state index in [4.69, 9.17) is 4.74 Å². The maximum atomic E-state index is 5.84. The number of benzene rings is 1. The minimum Gasteiger partial charge on any atom is -0.381 e. The minimum absolute atomic E-state index is 0.413. The monoisotopic (exact) mass is 302 g/mol. The van der Waals surface area contributed by atoms with Crippen LogP contribution in [0.2, 0.25) is 0 Å². The molecule has 0 bridgehead atoms. The van der Waals surface area contributed by atoms with Crippen molar-refractivity contribution in [2.75, 3.05) is 7.11 Å². The quantitative estimate of drug-likeness (QED) is 0.526. The largest absolute Gasteiger partial charge is 0.381 e. The Morgan fingerprint density at radius 2 is 1.77 bits per heavy atom. The highest BCUT2D eigenvalue weighted by atomic mass is 16.5. The highest BCUT2D eigenvalue weighted by Gasteiger charge is 2.31. The van der Waals surface area contributed by atoms with E-state index in [1.165, 1.54) is 68.9 Å². The molecule has 3 unspecified atom stereocenters. The van der Waals surface area contributed by atoms with Gasteiger partial charge in [0.15, 0.2) is 0 Å². The standard InChI is InChI=1S/C21H34O/c1-4-6-7-9-17-10-13-19(14-11-17)20-15-12-18(8-5-2)16-21(20)22-3/h10-11,13-14,18,20-21H,4-9,12,15-16H2,1-3H3. The Kier molecular flexibility index (Phi) is 7.45. The van der Waals surface area contributed by atoms with Gasteiger partial charge in [0.05, 0.1) is 6.10 Å². The lowest BCUT2D eigenvalue weighted by atomic mass is 9.75. The summed E-state index contributed by atoms with van der Waals surface area (Å²) in [6.45, 7) is 4.56. The summed E-state index contributed by atoms with van der Waals surface area (Å²) in [5.41, 5.74) is 2.98. The van der Waals surface area contributed by atoms with E-state index in [-0.39, 0.29) is 0 Å². The molecule has 1 fully saturated rings. The molecule has 1 saturated carbocycles. The second kappa shape index (κ2) is 9.35. The van der Waals surface area contributed by atoms with Crippen LogP contribution in [-0.4, -0.2) is 13.2 Å². The van der Waals surface area contributed by atoms with Gasteiger partial charge in [-0.15, -0.1) is 0 Å². The highest BCUT2D eigenvalue weighted by molar-refractivity contribution is 5.27. The topological polar surface area (TPSA) is 9.23 Å². The van der Waals surface area contributed by atoms with Crippen molar-refractivity contribution in [1.82, 2.24) is 0 Å². The van der Waals surface area contributed by atoms with Crippen LogP contribution in [0.4, 0.5) is 0 Å². The fourth-order valence-electron chi connectivity index (χ4n) is 4.03. The molecule has 0 spiro atoms. The van der Waals surface area contributed by atoms with Crippen molar-refractivity contribution in [2.45, 2.75) is 83.7 Å². The SMILES string of the molecule is CCCCCc1ccc(C2CCC(CCC)CC2OC)cc1. The molecule has 0 saturated heterocycles. The van der Waals surface area contributed by atoms with E-state index in [0.717, 1.165) is 5.92 Å². The molecule has 124 valence electrons. The molecule has 0 amide bonds. The first-order valence-electron chi connectivity index (χ1n) is 9.40. The van der Waals surface area contributed by atoms with Crippen LogP contribution < -0.4 is 0 Å². The van der Waals surface area contributed by atoms with Crippen molar-refractivity contribution in [3.8, 4) is 0 Å². The van der Waals surface area contributed by atoms with Crippen LogP contribution in [0.15, 0.2) is 24.3 Å². The molecule has 1 aliphatic rings. The summed E-state index contributed by atoms with van der Waals surface area (Å²) in [6, 6.07) is 9.40. The Balaban J connectivity index is 1.95. The van der Waals surface area contributed by atoms with Crippen LogP contribution in [0, 0.1) is 5.92 Å². The molecule has 0 aromatic heterocycles. The first-order chi connectivity index (χ1) is 10.8. The van der Waals surface area contributed by atoms with Crippen LogP contribution in [0.1, 0.15) is 82.3 Å². The van der Waals surface area contributed by atoms with E-state index in [0.29, 0.717) is 12.0 Å². The third kappa shape index (κ3) is 4.84. The number of aryl methyl sites for hydroxylation is 1. The lowest BCUT2D eigenvalue weighted by molar-refractivity contribution is 0.0307. The van der Waals surface area contributed by atoms with Gasteiger partial charge in [-0.1, -0.05) is 63.8 Å². The van der Waals surface area contributed by atoms with E-state index < -0.39 is 0 Å². The predicted octanol–water partition coefficient (Wildman–Crippen LogP) is 6.12. The van der Waals surface area contributed by atoms with Gasteiger partial charge < -0.3 is 4.74 Å². The number of hydrogen-bond donors (Lipinski definition) is 0. The van der Waals surface area contributed by atoms with Gasteiger partial charge in [0, 0.05) is 13.0 Å². The van der Waals surface area contributed by atoms with E-state index in [1.807, 2.05) is 7.11 Å². The molecule has 22 heavy (non-hydrogen) atoms. The molecule has 0 aliphatic heterocycles. The Hall–Kier alpha value is -0.820. The first kappa shape index (κ1) is 17.5. The number of unbranched alkanes of at least 4 members (excludes halogenated alkanes) is 2. The van der Waals surface area contributed by atoms with Crippen molar-refractivity contribution in [1.29, 1.82) is 0 Å². The summed E-state index contributed by atoms with van der Waals surface area (Å²) in [5, 5.41) is 0. The zero-order valence-electron chi connectivity index (χ0n) is 14.8. The van der Waals surface area contributed by atoms with E-state index in [1.54, 1.807) is 0 Å².